The van der Waals surface area contributed by atoms with E-state index < -0.39 is 0 Å². The summed E-state index contributed by atoms with van der Waals surface area (Å²) in [6.07, 6.45) is 3.50. The van der Waals surface area contributed by atoms with Crippen LogP contribution in [0.5, 0.6) is 11.5 Å². The van der Waals surface area contributed by atoms with Crippen molar-refractivity contribution in [2.75, 3.05) is 19.8 Å². The van der Waals surface area contributed by atoms with Gasteiger partial charge in [-0.05, 0) is 96.2 Å². The van der Waals surface area contributed by atoms with Crippen LogP contribution in [0.1, 0.15) is 19.4 Å². The van der Waals surface area contributed by atoms with E-state index in [1.165, 1.54) is 23.9 Å². The van der Waals surface area contributed by atoms with E-state index in [-0.39, 0.29) is 11.7 Å². The number of benzene rings is 2. The lowest BCUT2D eigenvalue weighted by atomic mass is 10.2. The summed E-state index contributed by atoms with van der Waals surface area (Å²) in [7, 11) is 0. The van der Waals surface area contributed by atoms with Crippen molar-refractivity contribution in [2.45, 2.75) is 13.8 Å². The maximum absolute atomic E-state index is 13.2. The van der Waals surface area contributed by atoms with Crippen molar-refractivity contribution in [1.82, 2.24) is 4.90 Å². The third kappa shape index (κ3) is 5.68. The Labute approximate surface area is 199 Å². The van der Waals surface area contributed by atoms with Gasteiger partial charge in [-0.15, -0.1) is 0 Å². The summed E-state index contributed by atoms with van der Waals surface area (Å²) in [5, 5.41) is 0.566. The topological polar surface area (TPSA) is 51.1 Å². The van der Waals surface area contributed by atoms with Crippen LogP contribution < -0.4 is 9.47 Å². The molecule has 1 heterocycles. The number of hydrogen-bond acceptors (Lipinski definition) is 5. The maximum Gasteiger partial charge on any atom is 0.266 e. The van der Waals surface area contributed by atoms with Crippen molar-refractivity contribution in [3.8, 4) is 11.5 Å². The lowest BCUT2D eigenvalue weighted by Gasteiger charge is -2.14. The summed E-state index contributed by atoms with van der Waals surface area (Å²) in [4.78, 5) is 19.6. The van der Waals surface area contributed by atoms with Crippen molar-refractivity contribution in [1.29, 1.82) is 0 Å². The monoisotopic (exact) mass is 552 g/mol. The van der Waals surface area contributed by atoms with Crippen LogP contribution in [-0.2, 0) is 4.79 Å². The number of likely N-dealkylation sites (N-methyl/N-ethyl adjacent to an activating group) is 1. The molecule has 5 nitrogen and oxygen atoms in total. The van der Waals surface area contributed by atoms with Gasteiger partial charge in [0.15, 0.2) is 16.7 Å². The SMILES string of the molecule is C=CCOc1c(I)cc(/C=C2/SC(=Nc3ccc(F)cc3)N(CC)C2=O)cc1OCC. The van der Waals surface area contributed by atoms with E-state index in [4.69, 9.17) is 9.47 Å². The highest BCUT2D eigenvalue weighted by atomic mass is 127. The molecule has 0 unspecified atom stereocenters. The number of carbonyl (C=O) groups excluding carboxylic acids is 1. The molecule has 0 aliphatic carbocycles. The van der Waals surface area contributed by atoms with Gasteiger partial charge in [0.05, 0.1) is 20.8 Å². The van der Waals surface area contributed by atoms with Gasteiger partial charge in [-0.3, -0.25) is 9.69 Å². The summed E-state index contributed by atoms with van der Waals surface area (Å²) in [5.41, 5.74) is 1.42. The first-order valence-electron chi connectivity index (χ1n) is 9.72. The average Bonchev–Trinajstić information content (AvgIpc) is 3.03. The van der Waals surface area contributed by atoms with Gasteiger partial charge in [0.2, 0.25) is 0 Å². The second-order valence-electron chi connectivity index (χ2n) is 6.39. The molecule has 0 aromatic heterocycles. The normalized spacial score (nSPS) is 16.3. The van der Waals surface area contributed by atoms with Gasteiger partial charge in [-0.1, -0.05) is 12.7 Å². The molecule has 0 atom stereocenters. The number of amides is 1. The number of ether oxygens (including phenoxy) is 2. The fourth-order valence-corrected chi connectivity index (χ4v) is 4.71. The zero-order chi connectivity index (χ0) is 22.4. The molecule has 1 aliphatic heterocycles. The van der Waals surface area contributed by atoms with Gasteiger partial charge in [0.25, 0.3) is 5.91 Å². The Hall–Kier alpha value is -2.33. The van der Waals surface area contributed by atoms with E-state index in [0.717, 1.165) is 9.13 Å². The summed E-state index contributed by atoms with van der Waals surface area (Å²) < 4.78 is 25.5. The Morgan fingerprint density at radius 3 is 2.61 bits per heavy atom. The molecule has 3 rings (SSSR count). The predicted octanol–water partition coefficient (Wildman–Crippen LogP) is 6.02. The van der Waals surface area contributed by atoms with Crippen molar-refractivity contribution in [3.63, 3.8) is 0 Å². The zero-order valence-corrected chi connectivity index (χ0v) is 20.2. The molecule has 1 saturated heterocycles. The number of halogens is 2. The van der Waals surface area contributed by atoms with Gasteiger partial charge in [-0.2, -0.15) is 0 Å². The minimum atomic E-state index is -0.327. The van der Waals surface area contributed by atoms with Crippen LogP contribution in [0.2, 0.25) is 0 Å². The molecule has 2 aromatic rings. The minimum Gasteiger partial charge on any atom is -0.490 e. The molecule has 0 saturated carbocycles. The molecule has 0 N–H and O–H groups in total. The second kappa shape index (κ2) is 10.8. The van der Waals surface area contributed by atoms with Crippen molar-refractivity contribution in [2.24, 2.45) is 4.99 Å². The van der Waals surface area contributed by atoms with Crippen LogP contribution in [0.15, 0.2) is 59.0 Å². The van der Waals surface area contributed by atoms with E-state index in [9.17, 15) is 9.18 Å². The van der Waals surface area contributed by atoms with E-state index in [2.05, 4.69) is 34.2 Å². The number of amidine groups is 1. The summed E-state index contributed by atoms with van der Waals surface area (Å²) in [6.45, 7) is 8.83. The predicted molar refractivity (Wildman–Crippen MR) is 132 cm³/mol. The molecule has 1 aliphatic rings. The molecule has 0 spiro atoms. The van der Waals surface area contributed by atoms with Crippen LogP contribution in [0, 0.1) is 9.39 Å². The number of carbonyl (C=O) groups is 1. The van der Waals surface area contributed by atoms with Crippen LogP contribution in [0.25, 0.3) is 6.08 Å². The van der Waals surface area contributed by atoms with Crippen LogP contribution in [-0.4, -0.2) is 35.7 Å². The minimum absolute atomic E-state index is 0.117. The number of nitrogens with zero attached hydrogens (tertiary/aromatic N) is 2. The Morgan fingerprint density at radius 2 is 1.97 bits per heavy atom. The lowest BCUT2D eigenvalue weighted by Crippen LogP contribution is -2.28. The lowest BCUT2D eigenvalue weighted by molar-refractivity contribution is -0.122. The molecular formula is C23H22FIN2O3S. The van der Waals surface area contributed by atoms with E-state index in [1.807, 2.05) is 32.1 Å². The van der Waals surface area contributed by atoms with Crippen molar-refractivity contribution >= 4 is 57.2 Å². The quantitative estimate of drug-likeness (QED) is 0.229. The smallest absolute Gasteiger partial charge is 0.266 e. The fraction of sp³-hybridized carbons (Fsp3) is 0.217. The summed E-state index contributed by atoms with van der Waals surface area (Å²) >= 11 is 3.49. The standard InChI is InChI=1S/C23H22FIN2O3S/c1-4-11-30-21-18(25)12-15(13-19(21)29-6-3)14-20-22(28)27(5-2)23(31-20)26-17-9-7-16(24)8-10-17/h4,7-10,12-14H,1,5-6,11H2,2-3H3/b20-14+,26-23?. The maximum atomic E-state index is 13.2. The highest BCUT2D eigenvalue weighted by molar-refractivity contribution is 14.1. The molecule has 2 aromatic carbocycles. The van der Waals surface area contributed by atoms with Crippen molar-refractivity contribution < 1.29 is 18.7 Å². The van der Waals surface area contributed by atoms with Crippen LogP contribution in [0.3, 0.4) is 0 Å². The first kappa shape index (κ1) is 23.3. The molecule has 0 bridgehead atoms. The Morgan fingerprint density at radius 1 is 1.23 bits per heavy atom. The van der Waals surface area contributed by atoms with Gasteiger partial charge < -0.3 is 9.47 Å². The first-order chi connectivity index (χ1) is 15.0. The van der Waals surface area contributed by atoms with E-state index in [1.54, 1.807) is 23.1 Å². The van der Waals surface area contributed by atoms with Gasteiger partial charge in [-0.25, -0.2) is 9.38 Å². The number of rotatable bonds is 8. The molecule has 31 heavy (non-hydrogen) atoms. The molecule has 1 amide bonds. The molecule has 1 fully saturated rings. The Balaban J connectivity index is 1.94. The number of thioether (sulfide) groups is 1. The van der Waals surface area contributed by atoms with Gasteiger partial charge in [0, 0.05) is 6.54 Å². The largest absolute Gasteiger partial charge is 0.490 e. The zero-order valence-electron chi connectivity index (χ0n) is 17.2. The third-order valence-corrected chi connectivity index (χ3v) is 6.04. The number of hydrogen-bond donors (Lipinski definition) is 0. The Kier molecular flexibility index (Phi) is 8.14. The fourth-order valence-electron chi connectivity index (χ4n) is 2.86. The first-order valence-corrected chi connectivity index (χ1v) is 11.6. The van der Waals surface area contributed by atoms with Crippen LogP contribution >= 0.6 is 34.4 Å². The second-order valence-corrected chi connectivity index (χ2v) is 8.56. The van der Waals surface area contributed by atoms with Crippen molar-refractivity contribution in [3.05, 3.63) is 68.9 Å². The average molecular weight is 552 g/mol. The van der Waals surface area contributed by atoms with E-state index >= 15 is 0 Å². The third-order valence-electron chi connectivity index (χ3n) is 4.23. The summed E-state index contributed by atoms with van der Waals surface area (Å²) in [6, 6.07) is 9.66. The molecular weight excluding hydrogens is 530 g/mol. The highest BCUT2D eigenvalue weighted by Crippen LogP contribution is 2.38. The highest BCUT2D eigenvalue weighted by Gasteiger charge is 2.32. The Bertz CT molecular complexity index is 1040. The number of aliphatic imine (C=N–C) groups is 1. The van der Waals surface area contributed by atoms with Gasteiger partial charge in [0.1, 0.15) is 12.4 Å². The van der Waals surface area contributed by atoms with E-state index in [0.29, 0.717) is 47.0 Å². The molecule has 0 radical (unpaired) electrons. The summed E-state index contributed by atoms with van der Waals surface area (Å²) in [5.74, 6) is 0.829. The van der Waals surface area contributed by atoms with Gasteiger partial charge >= 0.3 is 0 Å². The molecule has 162 valence electrons. The van der Waals surface area contributed by atoms with Crippen LogP contribution in [0.4, 0.5) is 10.1 Å². The molecule has 8 heteroatoms.